The maximum absolute atomic E-state index is 12.2. The van der Waals surface area contributed by atoms with Crippen molar-refractivity contribution in [1.29, 1.82) is 0 Å². The van der Waals surface area contributed by atoms with E-state index < -0.39 is 10.0 Å². The smallest absolute Gasteiger partial charge is 0.252 e. The van der Waals surface area contributed by atoms with Gasteiger partial charge in [0.05, 0.1) is 5.56 Å². The quantitative estimate of drug-likeness (QED) is 0.891. The Morgan fingerprint density at radius 2 is 2.00 bits per heavy atom. The second kappa shape index (κ2) is 4.88. The van der Waals surface area contributed by atoms with Gasteiger partial charge in [0.2, 0.25) is 10.0 Å². The van der Waals surface area contributed by atoms with Crippen molar-refractivity contribution in [3.05, 3.63) is 16.5 Å². The van der Waals surface area contributed by atoms with Crippen LogP contribution in [0.15, 0.2) is 9.59 Å². The molecule has 5 nitrogen and oxygen atoms in total. The second-order valence-electron chi connectivity index (χ2n) is 5.33. The number of nitrogens with one attached hydrogen (secondary N) is 1. The molecule has 1 aromatic rings. The van der Waals surface area contributed by atoms with E-state index >= 15 is 0 Å². The van der Waals surface area contributed by atoms with Gasteiger partial charge in [0.25, 0.3) is 5.91 Å². The average molecular weight is 302 g/mol. The monoisotopic (exact) mass is 302 g/mol. The molecule has 1 aliphatic carbocycles. The zero-order valence-corrected chi connectivity index (χ0v) is 12.7. The summed E-state index contributed by atoms with van der Waals surface area (Å²) in [5.74, 6) is -0.215. The first kappa shape index (κ1) is 14.5. The SMILES string of the molecule is Cc1c(C(=O)NC2(C)CCCC2)csc1S(N)(=O)=O. The Bertz CT molecular complexity index is 598. The van der Waals surface area contributed by atoms with Gasteiger partial charge in [-0.2, -0.15) is 0 Å². The zero-order valence-electron chi connectivity index (χ0n) is 11.0. The Hall–Kier alpha value is -0.920. The third-order valence-corrected chi connectivity index (χ3v) is 6.30. The highest BCUT2D eigenvalue weighted by Gasteiger charge is 2.31. The lowest BCUT2D eigenvalue weighted by Crippen LogP contribution is -2.43. The molecule has 1 fully saturated rings. The number of thiophene rings is 1. The minimum absolute atomic E-state index is 0.0641. The molecular formula is C12H18N2O3S2. The number of nitrogens with two attached hydrogens (primary N) is 1. The summed E-state index contributed by atoms with van der Waals surface area (Å²) < 4.78 is 22.8. The van der Waals surface area contributed by atoms with Crippen LogP contribution in [-0.4, -0.2) is 19.9 Å². The summed E-state index contributed by atoms with van der Waals surface area (Å²) in [4.78, 5) is 12.2. The van der Waals surface area contributed by atoms with Crippen LogP contribution in [0.1, 0.15) is 48.5 Å². The van der Waals surface area contributed by atoms with E-state index in [1.54, 1.807) is 12.3 Å². The summed E-state index contributed by atoms with van der Waals surface area (Å²) in [7, 11) is -3.75. The lowest BCUT2D eigenvalue weighted by atomic mass is 10.00. The molecule has 1 aliphatic rings. The zero-order chi connectivity index (χ0) is 14.3. The molecule has 1 amide bonds. The molecule has 0 spiro atoms. The maximum atomic E-state index is 12.2. The third kappa shape index (κ3) is 2.98. The summed E-state index contributed by atoms with van der Waals surface area (Å²) in [6, 6.07) is 0. The van der Waals surface area contributed by atoms with Crippen LogP contribution in [0.25, 0.3) is 0 Å². The van der Waals surface area contributed by atoms with Crippen molar-refractivity contribution in [2.75, 3.05) is 0 Å². The van der Waals surface area contributed by atoms with Crippen LogP contribution < -0.4 is 10.5 Å². The van der Waals surface area contributed by atoms with Crippen LogP contribution in [0.4, 0.5) is 0 Å². The second-order valence-corrected chi connectivity index (χ2v) is 7.97. The van der Waals surface area contributed by atoms with Gasteiger partial charge >= 0.3 is 0 Å². The average Bonchev–Trinajstić information content (AvgIpc) is 2.83. The number of carbonyl (C=O) groups excluding carboxylic acids is 1. The molecule has 0 unspecified atom stereocenters. The fourth-order valence-electron chi connectivity index (χ4n) is 2.53. The van der Waals surface area contributed by atoms with E-state index in [0.29, 0.717) is 11.1 Å². The molecule has 1 saturated carbocycles. The topological polar surface area (TPSA) is 89.3 Å². The Kier molecular flexibility index (Phi) is 3.72. The van der Waals surface area contributed by atoms with Crippen molar-refractivity contribution in [3.63, 3.8) is 0 Å². The van der Waals surface area contributed by atoms with E-state index in [2.05, 4.69) is 5.32 Å². The van der Waals surface area contributed by atoms with E-state index in [1.165, 1.54) is 0 Å². The van der Waals surface area contributed by atoms with Crippen LogP contribution in [-0.2, 0) is 10.0 Å². The molecule has 106 valence electrons. The summed E-state index contributed by atoms with van der Waals surface area (Å²) in [6.07, 6.45) is 4.15. The minimum atomic E-state index is -3.75. The van der Waals surface area contributed by atoms with Crippen molar-refractivity contribution < 1.29 is 13.2 Å². The molecule has 7 heteroatoms. The van der Waals surface area contributed by atoms with Gasteiger partial charge in [0, 0.05) is 10.9 Å². The van der Waals surface area contributed by atoms with Crippen LogP contribution in [0.2, 0.25) is 0 Å². The van der Waals surface area contributed by atoms with E-state index in [0.717, 1.165) is 37.0 Å². The van der Waals surface area contributed by atoms with Gasteiger partial charge in [0.1, 0.15) is 4.21 Å². The van der Waals surface area contributed by atoms with Crippen molar-refractivity contribution in [1.82, 2.24) is 5.32 Å². The Morgan fingerprint density at radius 3 is 2.47 bits per heavy atom. The number of amides is 1. The number of rotatable bonds is 3. The van der Waals surface area contributed by atoms with Gasteiger partial charge in [0.15, 0.2) is 0 Å². The Balaban J connectivity index is 2.23. The number of hydrogen-bond acceptors (Lipinski definition) is 4. The normalized spacial score (nSPS) is 18.5. The van der Waals surface area contributed by atoms with Gasteiger partial charge < -0.3 is 5.32 Å². The number of hydrogen-bond donors (Lipinski definition) is 2. The molecule has 3 N–H and O–H groups in total. The summed E-state index contributed by atoms with van der Waals surface area (Å²) in [5.41, 5.74) is 0.668. The van der Waals surface area contributed by atoms with Crippen LogP contribution >= 0.6 is 11.3 Å². The molecule has 1 heterocycles. The first-order chi connectivity index (χ1) is 8.73. The van der Waals surface area contributed by atoms with Gasteiger partial charge in [-0.15, -0.1) is 11.3 Å². The fourth-order valence-corrected chi connectivity index (χ4v) is 4.54. The van der Waals surface area contributed by atoms with Gasteiger partial charge in [-0.05, 0) is 32.3 Å². The van der Waals surface area contributed by atoms with E-state index in [4.69, 9.17) is 5.14 Å². The molecule has 0 saturated heterocycles. The number of sulfonamides is 1. The Labute approximate surface area is 117 Å². The molecule has 1 aromatic heterocycles. The highest BCUT2D eigenvalue weighted by atomic mass is 32.2. The van der Waals surface area contributed by atoms with Gasteiger partial charge in [-0.1, -0.05) is 12.8 Å². The third-order valence-electron chi connectivity index (χ3n) is 3.62. The van der Waals surface area contributed by atoms with Crippen LogP contribution in [0, 0.1) is 6.92 Å². The molecule has 0 bridgehead atoms. The van der Waals surface area contributed by atoms with Crippen molar-refractivity contribution in [3.8, 4) is 0 Å². The Morgan fingerprint density at radius 1 is 1.42 bits per heavy atom. The molecular weight excluding hydrogens is 284 g/mol. The van der Waals surface area contributed by atoms with E-state index in [1.807, 2.05) is 6.92 Å². The number of carbonyl (C=O) groups is 1. The van der Waals surface area contributed by atoms with Gasteiger partial charge in [-0.3, -0.25) is 4.79 Å². The maximum Gasteiger partial charge on any atom is 0.252 e. The molecule has 0 radical (unpaired) electrons. The largest absolute Gasteiger partial charge is 0.347 e. The fraction of sp³-hybridized carbons (Fsp3) is 0.583. The van der Waals surface area contributed by atoms with E-state index in [9.17, 15) is 13.2 Å². The highest BCUT2D eigenvalue weighted by Crippen LogP contribution is 2.31. The van der Waals surface area contributed by atoms with Crippen LogP contribution in [0.5, 0.6) is 0 Å². The van der Waals surface area contributed by atoms with E-state index in [-0.39, 0.29) is 15.7 Å². The molecule has 0 atom stereocenters. The number of primary sulfonamides is 1. The molecule has 2 rings (SSSR count). The van der Waals surface area contributed by atoms with Gasteiger partial charge in [-0.25, -0.2) is 13.6 Å². The molecule has 19 heavy (non-hydrogen) atoms. The molecule has 0 aromatic carbocycles. The summed E-state index contributed by atoms with van der Waals surface area (Å²) in [5, 5.41) is 9.68. The van der Waals surface area contributed by atoms with Crippen molar-refractivity contribution in [2.45, 2.75) is 49.3 Å². The first-order valence-corrected chi connectivity index (χ1v) is 8.59. The summed E-state index contributed by atoms with van der Waals surface area (Å²) in [6.45, 7) is 3.64. The predicted molar refractivity (Wildman–Crippen MR) is 74.8 cm³/mol. The first-order valence-electron chi connectivity index (χ1n) is 6.16. The lowest BCUT2D eigenvalue weighted by Gasteiger charge is -2.25. The molecule has 0 aliphatic heterocycles. The minimum Gasteiger partial charge on any atom is -0.347 e. The van der Waals surface area contributed by atoms with Crippen molar-refractivity contribution in [2.24, 2.45) is 5.14 Å². The van der Waals surface area contributed by atoms with Crippen LogP contribution in [0.3, 0.4) is 0 Å². The van der Waals surface area contributed by atoms with Crippen molar-refractivity contribution >= 4 is 27.3 Å². The standard InChI is InChI=1S/C12H18N2O3S2/c1-8-9(7-18-11(8)19(13,16)17)10(15)14-12(2)5-3-4-6-12/h7H,3-6H2,1-2H3,(H,14,15)(H2,13,16,17). The lowest BCUT2D eigenvalue weighted by molar-refractivity contribution is 0.0908. The summed E-state index contributed by atoms with van der Waals surface area (Å²) >= 11 is 0.994. The highest BCUT2D eigenvalue weighted by molar-refractivity contribution is 7.91. The predicted octanol–water partition coefficient (Wildman–Crippen LogP) is 1.77.